The van der Waals surface area contributed by atoms with Gasteiger partial charge >= 0.3 is 5.97 Å². The van der Waals surface area contributed by atoms with Gasteiger partial charge in [0.1, 0.15) is 21.7 Å². The molecule has 3 rings (SSSR count). The number of hydrogen-bond donors (Lipinski definition) is 0. The summed E-state index contributed by atoms with van der Waals surface area (Å²) in [6.45, 7) is 0. The summed E-state index contributed by atoms with van der Waals surface area (Å²) >= 11 is 3.33. The average molecular weight is 387 g/mol. The Morgan fingerprint density at radius 1 is 0.917 bits per heavy atom. The SMILES string of the molecule is COc1ccc(/C=C2\OC(=O)C(Br)=C2c2ccc(OC)cc2)cc1. The highest BCUT2D eigenvalue weighted by Gasteiger charge is 2.29. The molecule has 1 aliphatic heterocycles. The summed E-state index contributed by atoms with van der Waals surface area (Å²) in [5.41, 5.74) is 2.50. The Morgan fingerprint density at radius 3 is 2.00 bits per heavy atom. The predicted molar refractivity (Wildman–Crippen MR) is 95.9 cm³/mol. The van der Waals surface area contributed by atoms with Gasteiger partial charge < -0.3 is 14.2 Å². The summed E-state index contributed by atoms with van der Waals surface area (Å²) in [6, 6.07) is 15.0. The Labute approximate surface area is 148 Å². The third kappa shape index (κ3) is 3.21. The van der Waals surface area contributed by atoms with Crippen LogP contribution in [-0.4, -0.2) is 20.2 Å². The number of benzene rings is 2. The minimum Gasteiger partial charge on any atom is -0.497 e. The number of esters is 1. The molecule has 0 unspecified atom stereocenters. The topological polar surface area (TPSA) is 44.8 Å². The van der Waals surface area contributed by atoms with E-state index in [9.17, 15) is 4.79 Å². The van der Waals surface area contributed by atoms with Crippen LogP contribution in [0.15, 0.2) is 58.8 Å². The van der Waals surface area contributed by atoms with Crippen LogP contribution in [0, 0.1) is 0 Å². The van der Waals surface area contributed by atoms with E-state index in [-0.39, 0.29) is 0 Å². The Balaban J connectivity index is 1.99. The molecule has 0 bridgehead atoms. The molecule has 4 nitrogen and oxygen atoms in total. The zero-order chi connectivity index (χ0) is 17.1. The van der Waals surface area contributed by atoms with E-state index < -0.39 is 5.97 Å². The van der Waals surface area contributed by atoms with Gasteiger partial charge in [0.2, 0.25) is 0 Å². The number of cyclic esters (lactones) is 1. The molecule has 2 aromatic carbocycles. The number of allylic oxidation sites excluding steroid dienone is 1. The quantitative estimate of drug-likeness (QED) is 0.730. The summed E-state index contributed by atoms with van der Waals surface area (Å²) in [5.74, 6) is 1.62. The van der Waals surface area contributed by atoms with Crippen molar-refractivity contribution in [2.45, 2.75) is 0 Å². The summed E-state index contributed by atoms with van der Waals surface area (Å²) in [4.78, 5) is 12.0. The van der Waals surface area contributed by atoms with Crippen molar-refractivity contribution in [2.75, 3.05) is 14.2 Å². The van der Waals surface area contributed by atoms with Crippen molar-refractivity contribution in [3.05, 3.63) is 69.9 Å². The van der Waals surface area contributed by atoms with Crippen molar-refractivity contribution in [2.24, 2.45) is 0 Å². The van der Waals surface area contributed by atoms with Crippen LogP contribution in [0.2, 0.25) is 0 Å². The maximum Gasteiger partial charge on any atom is 0.351 e. The molecule has 2 aromatic rings. The smallest absolute Gasteiger partial charge is 0.351 e. The van der Waals surface area contributed by atoms with Crippen LogP contribution < -0.4 is 9.47 Å². The molecular weight excluding hydrogens is 372 g/mol. The van der Waals surface area contributed by atoms with Gasteiger partial charge in [0.05, 0.1) is 14.2 Å². The number of carbonyl (C=O) groups excluding carboxylic acids is 1. The van der Waals surface area contributed by atoms with Gasteiger partial charge in [-0.3, -0.25) is 0 Å². The highest BCUT2D eigenvalue weighted by molar-refractivity contribution is 9.12. The van der Waals surface area contributed by atoms with E-state index in [1.165, 1.54) is 0 Å². The largest absolute Gasteiger partial charge is 0.497 e. The minimum absolute atomic E-state index is 0.402. The van der Waals surface area contributed by atoms with Crippen LogP contribution in [0.25, 0.3) is 11.6 Å². The number of rotatable bonds is 4. The van der Waals surface area contributed by atoms with Crippen LogP contribution in [0.1, 0.15) is 11.1 Å². The minimum atomic E-state index is -0.402. The van der Waals surface area contributed by atoms with E-state index in [2.05, 4.69) is 15.9 Å². The number of hydrogen-bond acceptors (Lipinski definition) is 4. The second-order valence-electron chi connectivity index (χ2n) is 5.09. The highest BCUT2D eigenvalue weighted by Crippen LogP contribution is 2.39. The molecule has 5 heteroatoms. The lowest BCUT2D eigenvalue weighted by atomic mass is 10.0. The molecule has 24 heavy (non-hydrogen) atoms. The van der Waals surface area contributed by atoms with Crippen molar-refractivity contribution in [1.82, 2.24) is 0 Å². The second kappa shape index (κ2) is 6.93. The molecule has 0 radical (unpaired) electrons. The Bertz CT molecular complexity index is 817. The molecule has 0 aliphatic carbocycles. The van der Waals surface area contributed by atoms with E-state index >= 15 is 0 Å². The molecule has 0 N–H and O–H groups in total. The van der Waals surface area contributed by atoms with Gasteiger partial charge in [-0.25, -0.2) is 4.79 Å². The summed E-state index contributed by atoms with van der Waals surface area (Å²) in [7, 11) is 3.23. The van der Waals surface area contributed by atoms with Crippen molar-refractivity contribution in [3.63, 3.8) is 0 Å². The molecule has 1 heterocycles. The third-order valence-corrected chi connectivity index (χ3v) is 4.36. The van der Waals surface area contributed by atoms with E-state index in [1.54, 1.807) is 14.2 Å². The fourth-order valence-electron chi connectivity index (χ4n) is 2.39. The number of carbonyl (C=O) groups is 1. The van der Waals surface area contributed by atoms with Crippen LogP contribution in [-0.2, 0) is 9.53 Å². The van der Waals surface area contributed by atoms with Crippen LogP contribution in [0.4, 0.5) is 0 Å². The van der Waals surface area contributed by atoms with Gasteiger partial charge in [0, 0.05) is 5.57 Å². The molecule has 0 fully saturated rings. The lowest BCUT2D eigenvalue weighted by Crippen LogP contribution is -1.93. The molecular formula is C19H15BrO4. The number of halogens is 1. The number of methoxy groups -OCH3 is 2. The summed E-state index contributed by atoms with van der Waals surface area (Å²) < 4.78 is 16.1. The van der Waals surface area contributed by atoms with Gasteiger partial charge in [-0.2, -0.15) is 0 Å². The first-order valence-electron chi connectivity index (χ1n) is 7.25. The monoisotopic (exact) mass is 386 g/mol. The van der Waals surface area contributed by atoms with Crippen LogP contribution in [0.5, 0.6) is 11.5 Å². The van der Waals surface area contributed by atoms with E-state index in [0.717, 1.165) is 28.2 Å². The van der Waals surface area contributed by atoms with Crippen LogP contribution in [0.3, 0.4) is 0 Å². The summed E-state index contributed by atoms with van der Waals surface area (Å²) in [5, 5.41) is 0. The molecule has 0 amide bonds. The zero-order valence-electron chi connectivity index (χ0n) is 13.2. The van der Waals surface area contributed by atoms with E-state index in [4.69, 9.17) is 14.2 Å². The van der Waals surface area contributed by atoms with Crippen molar-refractivity contribution >= 4 is 33.5 Å². The third-order valence-electron chi connectivity index (χ3n) is 3.64. The molecule has 0 saturated carbocycles. The Kier molecular flexibility index (Phi) is 4.71. The highest BCUT2D eigenvalue weighted by atomic mass is 79.9. The van der Waals surface area contributed by atoms with Gasteiger partial charge in [-0.05, 0) is 57.4 Å². The van der Waals surface area contributed by atoms with Gasteiger partial charge in [0.25, 0.3) is 0 Å². The molecule has 122 valence electrons. The Hall–Kier alpha value is -2.53. The molecule has 0 atom stereocenters. The Morgan fingerprint density at radius 2 is 1.46 bits per heavy atom. The van der Waals surface area contributed by atoms with Crippen molar-refractivity contribution in [1.29, 1.82) is 0 Å². The van der Waals surface area contributed by atoms with Gasteiger partial charge in [0.15, 0.2) is 0 Å². The molecule has 0 aromatic heterocycles. The first-order valence-corrected chi connectivity index (χ1v) is 8.04. The average Bonchev–Trinajstić information content (AvgIpc) is 2.89. The fourth-order valence-corrected chi connectivity index (χ4v) is 2.89. The standard InChI is InChI=1S/C19H15BrO4/c1-22-14-7-3-12(4-8-14)11-16-17(18(20)19(21)24-16)13-5-9-15(23-2)10-6-13/h3-11H,1-2H3/b16-11-. The van der Waals surface area contributed by atoms with Crippen LogP contribution >= 0.6 is 15.9 Å². The van der Waals surface area contributed by atoms with E-state index in [1.807, 2.05) is 54.6 Å². The van der Waals surface area contributed by atoms with Gasteiger partial charge in [-0.15, -0.1) is 0 Å². The summed E-state index contributed by atoms with van der Waals surface area (Å²) in [6.07, 6.45) is 1.82. The fraction of sp³-hybridized carbons (Fsp3) is 0.105. The lowest BCUT2D eigenvalue weighted by molar-refractivity contribution is -0.132. The molecule has 0 spiro atoms. The normalized spacial score (nSPS) is 15.6. The molecule has 1 aliphatic rings. The maximum atomic E-state index is 12.0. The first-order chi connectivity index (χ1) is 11.6. The molecule has 0 saturated heterocycles. The maximum absolute atomic E-state index is 12.0. The number of ether oxygens (including phenoxy) is 3. The van der Waals surface area contributed by atoms with Gasteiger partial charge in [-0.1, -0.05) is 24.3 Å². The van der Waals surface area contributed by atoms with E-state index in [0.29, 0.717) is 10.2 Å². The predicted octanol–water partition coefficient (Wildman–Crippen LogP) is 4.41. The zero-order valence-corrected chi connectivity index (χ0v) is 14.8. The van der Waals surface area contributed by atoms with Crippen molar-refractivity contribution < 1.29 is 19.0 Å². The van der Waals surface area contributed by atoms with Crippen molar-refractivity contribution in [3.8, 4) is 11.5 Å². The second-order valence-corrected chi connectivity index (χ2v) is 5.88. The lowest BCUT2D eigenvalue weighted by Gasteiger charge is -2.07. The first kappa shape index (κ1) is 16.3.